The number of fused-ring (bicyclic) bond motifs is 1. The fourth-order valence-electron chi connectivity index (χ4n) is 2.85. The molecule has 0 aliphatic carbocycles. The lowest BCUT2D eigenvalue weighted by Crippen LogP contribution is -2.22. The molecule has 3 rings (SSSR count). The van der Waals surface area contributed by atoms with Crippen LogP contribution in [0.25, 0.3) is 0 Å². The molecule has 1 aliphatic rings. The molecule has 1 unspecified atom stereocenters. The van der Waals surface area contributed by atoms with Crippen LogP contribution in [0.2, 0.25) is 0 Å². The van der Waals surface area contributed by atoms with Crippen molar-refractivity contribution in [1.82, 2.24) is 4.31 Å². The Balaban J connectivity index is 2.21. The van der Waals surface area contributed by atoms with Gasteiger partial charge in [0.2, 0.25) is 10.0 Å². The van der Waals surface area contributed by atoms with E-state index < -0.39 is 44.5 Å². The minimum absolute atomic E-state index is 0.0815. The Morgan fingerprint density at radius 2 is 1.93 bits per heavy atom. The lowest BCUT2D eigenvalue weighted by molar-refractivity contribution is 0.145. The molecular weight excluding hydrogens is 383 g/mol. The molecule has 10 heteroatoms. The van der Waals surface area contributed by atoms with Gasteiger partial charge in [-0.2, -0.15) is 14.8 Å². The van der Waals surface area contributed by atoms with Gasteiger partial charge in [0.05, 0.1) is 28.2 Å². The molecule has 0 fully saturated rings. The van der Waals surface area contributed by atoms with E-state index >= 15 is 0 Å². The van der Waals surface area contributed by atoms with Gasteiger partial charge in [0.15, 0.2) is 0 Å². The van der Waals surface area contributed by atoms with E-state index in [4.69, 9.17) is 10.00 Å². The number of benzene rings is 2. The normalized spacial score (nSPS) is 18.0. The first kappa shape index (κ1) is 18.7. The zero-order chi connectivity index (χ0) is 19.9. The van der Waals surface area contributed by atoms with Gasteiger partial charge in [-0.3, -0.25) is 0 Å². The van der Waals surface area contributed by atoms with E-state index in [9.17, 15) is 26.9 Å². The molecule has 0 aromatic heterocycles. The van der Waals surface area contributed by atoms with Gasteiger partial charge >= 0.3 is 0 Å². The van der Waals surface area contributed by atoms with Crippen LogP contribution in [0, 0.1) is 28.5 Å². The summed E-state index contributed by atoms with van der Waals surface area (Å²) in [5.41, 5.74) is -1.22. The van der Waals surface area contributed by atoms with Crippen LogP contribution < -0.4 is 4.74 Å². The van der Waals surface area contributed by atoms with Crippen LogP contribution >= 0.6 is 0 Å². The highest BCUT2D eigenvalue weighted by molar-refractivity contribution is 7.89. The number of rotatable bonds is 3. The average Bonchev–Trinajstić information content (AvgIpc) is 2.80. The van der Waals surface area contributed by atoms with E-state index in [1.54, 1.807) is 12.1 Å². The van der Waals surface area contributed by atoms with Crippen LogP contribution in [0.1, 0.15) is 29.2 Å². The second-order valence-electron chi connectivity index (χ2n) is 5.63. The van der Waals surface area contributed by atoms with E-state index in [-0.39, 0.29) is 16.9 Å². The highest BCUT2D eigenvalue weighted by atomic mass is 32.2. The minimum atomic E-state index is -4.09. The summed E-state index contributed by atoms with van der Waals surface area (Å²) in [4.78, 5) is -0.406. The molecule has 0 spiro atoms. The molecule has 0 saturated carbocycles. The molecule has 0 N–H and O–H groups in total. The Morgan fingerprint density at radius 1 is 1.22 bits per heavy atom. The second kappa shape index (κ2) is 6.58. The first-order valence-corrected chi connectivity index (χ1v) is 8.86. The predicted molar refractivity (Wildman–Crippen MR) is 85.9 cm³/mol. The van der Waals surface area contributed by atoms with Crippen LogP contribution in [-0.4, -0.2) is 19.8 Å². The second-order valence-corrected chi connectivity index (χ2v) is 7.60. The summed E-state index contributed by atoms with van der Waals surface area (Å²) in [5, 5.41) is 18.2. The molecule has 2 aromatic rings. The van der Waals surface area contributed by atoms with Crippen molar-refractivity contribution in [2.24, 2.45) is 0 Å². The summed E-state index contributed by atoms with van der Waals surface area (Å²) in [6.45, 7) is 0. The van der Waals surface area contributed by atoms with Gasteiger partial charge in [-0.05, 0) is 24.3 Å². The van der Waals surface area contributed by atoms with Crippen molar-refractivity contribution in [3.05, 3.63) is 52.8 Å². The van der Waals surface area contributed by atoms with Gasteiger partial charge < -0.3 is 4.74 Å². The molecule has 1 heterocycles. The van der Waals surface area contributed by atoms with Crippen LogP contribution in [0.4, 0.5) is 13.2 Å². The standard InChI is InChI=1S/C17H10F3N3O3S/c1-23-12(8-22)15-14(27(23,24)25)3-2-13(16(15)17(19)20)26-11-5-9(7-21)4-10(18)6-11/h2-6,12,17H,1H3. The van der Waals surface area contributed by atoms with E-state index in [1.165, 1.54) is 0 Å². The summed E-state index contributed by atoms with van der Waals surface area (Å²) in [7, 11) is -2.97. The van der Waals surface area contributed by atoms with Crippen LogP contribution in [0.15, 0.2) is 35.2 Å². The molecule has 0 bridgehead atoms. The number of ether oxygens (including phenoxy) is 1. The Morgan fingerprint density at radius 3 is 2.52 bits per heavy atom. The molecule has 27 heavy (non-hydrogen) atoms. The van der Waals surface area contributed by atoms with E-state index in [0.29, 0.717) is 4.31 Å². The van der Waals surface area contributed by atoms with Crippen molar-refractivity contribution < 1.29 is 26.3 Å². The molecule has 0 saturated heterocycles. The summed E-state index contributed by atoms with van der Waals surface area (Å²) < 4.78 is 71.8. The van der Waals surface area contributed by atoms with Gasteiger partial charge in [-0.25, -0.2) is 21.6 Å². The van der Waals surface area contributed by atoms with Crippen molar-refractivity contribution in [1.29, 1.82) is 10.5 Å². The molecule has 6 nitrogen and oxygen atoms in total. The third kappa shape index (κ3) is 2.99. The lowest BCUT2D eigenvalue weighted by Gasteiger charge is -2.16. The predicted octanol–water partition coefficient (Wildman–Crippen LogP) is 3.63. The minimum Gasteiger partial charge on any atom is -0.457 e. The summed E-state index contributed by atoms with van der Waals surface area (Å²) in [6, 6.07) is 7.02. The van der Waals surface area contributed by atoms with E-state index in [2.05, 4.69) is 0 Å². The molecule has 2 aromatic carbocycles. The average molecular weight is 393 g/mol. The van der Waals surface area contributed by atoms with Crippen LogP contribution in [-0.2, 0) is 10.0 Å². The molecule has 1 aliphatic heterocycles. The van der Waals surface area contributed by atoms with Crippen molar-refractivity contribution in [3.63, 3.8) is 0 Å². The third-order valence-corrected chi connectivity index (χ3v) is 5.95. The number of nitriles is 2. The fraction of sp³-hybridized carbons (Fsp3) is 0.176. The zero-order valence-corrected chi connectivity index (χ0v) is 14.5. The number of sulfonamides is 1. The first-order valence-electron chi connectivity index (χ1n) is 7.42. The fourth-order valence-corrected chi connectivity index (χ4v) is 4.33. The highest BCUT2D eigenvalue weighted by Crippen LogP contribution is 2.47. The van der Waals surface area contributed by atoms with Gasteiger partial charge in [-0.15, -0.1) is 0 Å². The van der Waals surface area contributed by atoms with Crippen molar-refractivity contribution >= 4 is 10.0 Å². The Kier molecular flexibility index (Phi) is 4.56. The smallest absolute Gasteiger partial charge is 0.267 e. The van der Waals surface area contributed by atoms with E-state index in [0.717, 1.165) is 37.4 Å². The van der Waals surface area contributed by atoms with Crippen LogP contribution in [0.5, 0.6) is 11.5 Å². The molecule has 0 amide bonds. The molecule has 0 radical (unpaired) electrons. The van der Waals surface area contributed by atoms with E-state index in [1.807, 2.05) is 0 Å². The lowest BCUT2D eigenvalue weighted by atomic mass is 10.00. The SMILES string of the molecule is CN1C(C#N)c2c(ccc(Oc3cc(F)cc(C#N)c3)c2C(F)F)S1(=O)=O. The number of nitrogens with zero attached hydrogens (tertiary/aromatic N) is 3. The first-order chi connectivity index (χ1) is 12.7. The number of alkyl halides is 2. The van der Waals surface area contributed by atoms with Crippen molar-refractivity contribution in [2.75, 3.05) is 7.05 Å². The Labute approximate surface area is 152 Å². The Bertz CT molecular complexity index is 1120. The maximum atomic E-state index is 13.8. The summed E-state index contributed by atoms with van der Waals surface area (Å²) in [6.07, 6.45) is -3.16. The van der Waals surface area contributed by atoms with Crippen molar-refractivity contribution in [2.45, 2.75) is 17.4 Å². The molecule has 138 valence electrons. The number of hydrogen-bond donors (Lipinski definition) is 0. The van der Waals surface area contributed by atoms with Gasteiger partial charge in [0.25, 0.3) is 6.43 Å². The Hall–Kier alpha value is -3.08. The third-order valence-electron chi connectivity index (χ3n) is 4.07. The maximum absolute atomic E-state index is 13.8. The van der Waals surface area contributed by atoms with Gasteiger partial charge in [0, 0.05) is 18.7 Å². The largest absolute Gasteiger partial charge is 0.457 e. The maximum Gasteiger partial charge on any atom is 0.267 e. The number of hydrogen-bond acceptors (Lipinski definition) is 5. The van der Waals surface area contributed by atoms with Gasteiger partial charge in [0.1, 0.15) is 23.4 Å². The highest BCUT2D eigenvalue weighted by Gasteiger charge is 2.44. The number of halogens is 3. The summed E-state index contributed by atoms with van der Waals surface area (Å²) >= 11 is 0. The van der Waals surface area contributed by atoms with Crippen LogP contribution in [0.3, 0.4) is 0 Å². The molecular formula is C17H10F3N3O3S. The quantitative estimate of drug-likeness (QED) is 0.794. The summed E-state index contributed by atoms with van der Waals surface area (Å²) in [5.74, 6) is -1.44. The molecule has 1 atom stereocenters. The monoisotopic (exact) mass is 393 g/mol. The van der Waals surface area contributed by atoms with Crippen molar-refractivity contribution in [3.8, 4) is 23.6 Å². The van der Waals surface area contributed by atoms with Gasteiger partial charge in [-0.1, -0.05) is 0 Å². The zero-order valence-electron chi connectivity index (χ0n) is 13.6. The topological polar surface area (TPSA) is 94.2 Å².